The van der Waals surface area contributed by atoms with Crippen LogP contribution in [0.15, 0.2) is 41.1 Å². The molecule has 2 aromatic heterocycles. The van der Waals surface area contributed by atoms with Crippen molar-refractivity contribution in [2.75, 3.05) is 13.2 Å². The molecule has 3 heterocycles. The molecule has 0 saturated carbocycles. The number of hydrogen-bond acceptors (Lipinski definition) is 6. The van der Waals surface area contributed by atoms with E-state index in [1.54, 1.807) is 12.1 Å². The number of carbonyl (C=O) groups is 1. The van der Waals surface area contributed by atoms with Gasteiger partial charge in [0.1, 0.15) is 5.75 Å². The summed E-state index contributed by atoms with van der Waals surface area (Å²) in [6.07, 6.45) is 3.70. The predicted molar refractivity (Wildman–Crippen MR) is 102 cm³/mol. The summed E-state index contributed by atoms with van der Waals surface area (Å²) in [5, 5.41) is 7.53. The highest BCUT2D eigenvalue weighted by atomic mass is 16.5. The number of aromatic nitrogens is 3. The molecule has 1 aliphatic heterocycles. The van der Waals surface area contributed by atoms with Crippen LogP contribution in [-0.2, 0) is 11.3 Å². The first kappa shape index (κ1) is 18.4. The van der Waals surface area contributed by atoms with E-state index >= 15 is 0 Å². The van der Waals surface area contributed by atoms with Gasteiger partial charge in [-0.05, 0) is 57.0 Å². The number of aryl methyl sites for hydroxylation is 1. The summed E-state index contributed by atoms with van der Waals surface area (Å²) < 4.78 is 18.7. The lowest BCUT2D eigenvalue weighted by atomic mass is 10.1. The predicted octanol–water partition coefficient (Wildman–Crippen LogP) is 3.60. The van der Waals surface area contributed by atoms with E-state index in [1.165, 1.54) is 6.39 Å². The number of Topliss-reactive ketones (excluding diaryl/α,β-unsaturated/α-hetero) is 1. The normalized spacial score (nSPS) is 16.4. The second kappa shape index (κ2) is 7.98. The first-order chi connectivity index (χ1) is 13.6. The van der Waals surface area contributed by atoms with Crippen molar-refractivity contribution in [2.45, 2.75) is 39.3 Å². The monoisotopic (exact) mass is 381 g/mol. The maximum atomic E-state index is 12.7. The van der Waals surface area contributed by atoms with E-state index in [9.17, 15) is 4.79 Å². The Morgan fingerprint density at radius 3 is 2.79 bits per heavy atom. The van der Waals surface area contributed by atoms with Gasteiger partial charge in [0.25, 0.3) is 0 Å². The van der Waals surface area contributed by atoms with Crippen LogP contribution in [0.2, 0.25) is 0 Å². The molecule has 7 nitrogen and oxygen atoms in total. The molecule has 0 radical (unpaired) electrons. The highest BCUT2D eigenvalue weighted by Crippen LogP contribution is 2.22. The Morgan fingerprint density at radius 2 is 2.11 bits per heavy atom. The van der Waals surface area contributed by atoms with Crippen molar-refractivity contribution in [3.63, 3.8) is 0 Å². The number of benzene rings is 1. The van der Waals surface area contributed by atoms with E-state index in [2.05, 4.69) is 14.8 Å². The minimum absolute atomic E-state index is 0.00980. The summed E-state index contributed by atoms with van der Waals surface area (Å²) in [4.78, 5) is 12.7. The van der Waals surface area contributed by atoms with Gasteiger partial charge >= 0.3 is 0 Å². The van der Waals surface area contributed by atoms with Gasteiger partial charge in [-0.25, -0.2) is 0 Å². The quantitative estimate of drug-likeness (QED) is 0.582. The van der Waals surface area contributed by atoms with Crippen LogP contribution in [0.1, 0.15) is 34.6 Å². The molecule has 0 aliphatic carbocycles. The Hall–Kier alpha value is -2.93. The second-order valence-electron chi connectivity index (χ2n) is 7.01. The van der Waals surface area contributed by atoms with Gasteiger partial charge in [-0.2, -0.15) is 0 Å². The molecular formula is C21H23N3O4. The van der Waals surface area contributed by atoms with Crippen LogP contribution in [0.5, 0.6) is 5.75 Å². The molecule has 1 saturated heterocycles. The third-order valence-corrected chi connectivity index (χ3v) is 5.12. The number of rotatable bonds is 7. The van der Waals surface area contributed by atoms with Gasteiger partial charge in [-0.3, -0.25) is 4.79 Å². The van der Waals surface area contributed by atoms with Gasteiger partial charge < -0.3 is 18.5 Å². The van der Waals surface area contributed by atoms with Crippen molar-refractivity contribution < 1.29 is 18.7 Å². The summed E-state index contributed by atoms with van der Waals surface area (Å²) in [7, 11) is 0. The average Bonchev–Trinajstić information content (AvgIpc) is 3.46. The molecule has 28 heavy (non-hydrogen) atoms. The van der Waals surface area contributed by atoms with E-state index in [0.29, 0.717) is 17.2 Å². The van der Waals surface area contributed by atoms with Gasteiger partial charge in [-0.15, -0.1) is 10.2 Å². The van der Waals surface area contributed by atoms with Crippen molar-refractivity contribution in [3.05, 3.63) is 53.7 Å². The van der Waals surface area contributed by atoms with Crippen molar-refractivity contribution in [3.8, 4) is 17.2 Å². The largest absolute Gasteiger partial charge is 0.485 e. The maximum absolute atomic E-state index is 12.7. The molecule has 0 N–H and O–H groups in total. The highest BCUT2D eigenvalue weighted by molar-refractivity contribution is 5.98. The molecule has 1 aliphatic rings. The fourth-order valence-corrected chi connectivity index (χ4v) is 3.58. The van der Waals surface area contributed by atoms with Crippen molar-refractivity contribution in [1.82, 2.24) is 14.8 Å². The molecule has 0 unspecified atom stereocenters. The Morgan fingerprint density at radius 1 is 1.29 bits per heavy atom. The third kappa shape index (κ3) is 3.84. The topological polar surface area (TPSA) is 79.4 Å². The average molecular weight is 381 g/mol. The summed E-state index contributed by atoms with van der Waals surface area (Å²) >= 11 is 0. The van der Waals surface area contributed by atoms with Crippen molar-refractivity contribution >= 4 is 5.78 Å². The lowest BCUT2D eigenvalue weighted by Gasteiger charge is -2.14. The highest BCUT2D eigenvalue weighted by Gasteiger charge is 2.21. The standard InChI is InChI=1S/C21H23N3O4/c1-14-10-19(15(2)24(14)11-18-4-3-9-26-18)20(25)12-27-17-7-5-16(6-8-17)21-23-22-13-28-21/h5-8,10,13,18H,3-4,9,11-12H2,1-2H3/t18-/m1/s1. The first-order valence-electron chi connectivity index (χ1n) is 9.43. The molecule has 0 spiro atoms. The van der Waals surface area contributed by atoms with Crippen LogP contribution in [0, 0.1) is 13.8 Å². The Labute approximate surface area is 163 Å². The van der Waals surface area contributed by atoms with E-state index in [0.717, 1.165) is 42.9 Å². The summed E-state index contributed by atoms with van der Waals surface area (Å²) in [6.45, 7) is 5.62. The van der Waals surface area contributed by atoms with Gasteiger partial charge in [0.05, 0.1) is 6.10 Å². The molecule has 7 heteroatoms. The molecule has 146 valence electrons. The fraction of sp³-hybridized carbons (Fsp3) is 0.381. The molecule has 1 fully saturated rings. The van der Waals surface area contributed by atoms with Gasteiger partial charge in [0.2, 0.25) is 18.1 Å². The van der Waals surface area contributed by atoms with Crippen LogP contribution >= 0.6 is 0 Å². The van der Waals surface area contributed by atoms with Crippen LogP contribution in [-0.4, -0.2) is 39.9 Å². The van der Waals surface area contributed by atoms with Gasteiger partial charge in [0.15, 0.2) is 6.61 Å². The number of carbonyl (C=O) groups excluding carboxylic acids is 1. The molecule has 1 atom stereocenters. The van der Waals surface area contributed by atoms with E-state index in [-0.39, 0.29) is 18.5 Å². The summed E-state index contributed by atoms with van der Waals surface area (Å²) in [5.41, 5.74) is 3.54. The maximum Gasteiger partial charge on any atom is 0.247 e. The van der Waals surface area contributed by atoms with Gasteiger partial charge in [0, 0.05) is 35.7 Å². The van der Waals surface area contributed by atoms with Crippen molar-refractivity contribution in [1.29, 1.82) is 0 Å². The zero-order valence-corrected chi connectivity index (χ0v) is 16.1. The Balaban J connectivity index is 1.39. The molecule has 0 bridgehead atoms. The minimum Gasteiger partial charge on any atom is -0.485 e. The third-order valence-electron chi connectivity index (χ3n) is 5.12. The molecular weight excluding hydrogens is 358 g/mol. The smallest absolute Gasteiger partial charge is 0.247 e. The molecule has 4 rings (SSSR count). The fourth-order valence-electron chi connectivity index (χ4n) is 3.58. The molecule has 0 amide bonds. The van der Waals surface area contributed by atoms with E-state index < -0.39 is 0 Å². The SMILES string of the molecule is Cc1cc(C(=O)COc2ccc(-c3nnco3)cc2)c(C)n1C[C@H]1CCCO1. The Bertz CT molecular complexity index is 939. The van der Waals surface area contributed by atoms with Crippen LogP contribution < -0.4 is 4.74 Å². The van der Waals surface area contributed by atoms with Crippen LogP contribution in [0.4, 0.5) is 0 Å². The Kier molecular flexibility index (Phi) is 5.25. The molecule has 3 aromatic rings. The molecule has 1 aromatic carbocycles. The minimum atomic E-state index is -0.0346. The number of nitrogens with zero attached hydrogens (tertiary/aromatic N) is 3. The number of hydrogen-bond donors (Lipinski definition) is 0. The first-order valence-corrected chi connectivity index (χ1v) is 9.43. The van der Waals surface area contributed by atoms with E-state index in [1.807, 2.05) is 32.0 Å². The summed E-state index contributed by atoms with van der Waals surface area (Å²) in [6, 6.07) is 9.15. The zero-order chi connectivity index (χ0) is 19.5. The van der Waals surface area contributed by atoms with Gasteiger partial charge in [-0.1, -0.05) is 0 Å². The number of ketones is 1. The second-order valence-corrected chi connectivity index (χ2v) is 7.01. The number of ether oxygens (including phenoxy) is 2. The van der Waals surface area contributed by atoms with Crippen LogP contribution in [0.25, 0.3) is 11.5 Å². The lowest BCUT2D eigenvalue weighted by molar-refractivity contribution is 0.0914. The lowest BCUT2D eigenvalue weighted by Crippen LogP contribution is -2.18. The summed E-state index contributed by atoms with van der Waals surface area (Å²) in [5.74, 6) is 1.03. The van der Waals surface area contributed by atoms with Crippen molar-refractivity contribution in [2.24, 2.45) is 0 Å². The zero-order valence-electron chi connectivity index (χ0n) is 16.1. The van der Waals surface area contributed by atoms with E-state index in [4.69, 9.17) is 13.9 Å². The van der Waals surface area contributed by atoms with Crippen LogP contribution in [0.3, 0.4) is 0 Å².